The van der Waals surface area contributed by atoms with Gasteiger partial charge in [-0.15, -0.1) is 24.0 Å². The molecule has 2 N–H and O–H groups in total. The minimum Gasteiger partial charge on any atom is -0.376 e. The van der Waals surface area contributed by atoms with Crippen molar-refractivity contribution >= 4 is 39.8 Å². The first-order chi connectivity index (χ1) is 13.4. The lowest BCUT2D eigenvalue weighted by Gasteiger charge is -2.31. The highest BCUT2D eigenvalue weighted by Crippen LogP contribution is 2.13. The van der Waals surface area contributed by atoms with E-state index < -0.39 is 9.84 Å². The predicted molar refractivity (Wildman–Crippen MR) is 128 cm³/mol. The van der Waals surface area contributed by atoms with E-state index in [9.17, 15) is 8.42 Å². The fourth-order valence-electron chi connectivity index (χ4n) is 3.71. The lowest BCUT2D eigenvalue weighted by atomic mass is 10.1. The molecule has 2 fully saturated rings. The molecule has 2 atom stereocenters. The minimum absolute atomic E-state index is 0. The van der Waals surface area contributed by atoms with E-state index in [0.717, 1.165) is 38.3 Å². The van der Waals surface area contributed by atoms with E-state index in [1.54, 1.807) is 0 Å². The van der Waals surface area contributed by atoms with Crippen LogP contribution in [0.25, 0.3) is 0 Å². The highest BCUT2D eigenvalue weighted by Gasteiger charge is 2.28. The number of nitrogens with one attached hydrogen (secondary N) is 2. The summed E-state index contributed by atoms with van der Waals surface area (Å²) in [5.74, 6) is 1.12. The summed E-state index contributed by atoms with van der Waals surface area (Å²) in [6, 6.07) is 8.46. The number of aliphatic imine (C=N–C) groups is 1. The molecule has 0 aromatic heterocycles. The van der Waals surface area contributed by atoms with Gasteiger partial charge in [0.05, 0.1) is 30.8 Å². The van der Waals surface area contributed by atoms with E-state index in [-0.39, 0.29) is 47.6 Å². The van der Waals surface area contributed by atoms with Crippen LogP contribution in [0.3, 0.4) is 0 Å². The van der Waals surface area contributed by atoms with E-state index in [1.165, 1.54) is 5.56 Å². The van der Waals surface area contributed by atoms with Crippen LogP contribution >= 0.6 is 24.0 Å². The zero-order valence-corrected chi connectivity index (χ0v) is 20.4. The molecule has 0 radical (unpaired) electrons. The van der Waals surface area contributed by atoms with Crippen LogP contribution < -0.4 is 10.6 Å². The van der Waals surface area contributed by atoms with Gasteiger partial charge >= 0.3 is 0 Å². The summed E-state index contributed by atoms with van der Waals surface area (Å²) in [4.78, 5) is 7.08. The third-order valence-corrected chi connectivity index (χ3v) is 6.83. The summed E-state index contributed by atoms with van der Waals surface area (Å²) in [6.45, 7) is 9.05. The molecule has 2 aliphatic rings. The zero-order chi connectivity index (χ0) is 20.0. The normalized spacial score (nSPS) is 24.7. The smallest absolute Gasteiger partial charge is 0.191 e. The van der Waals surface area contributed by atoms with Gasteiger partial charge < -0.3 is 15.4 Å². The number of hydrogen-bond acceptors (Lipinski definition) is 5. The molecule has 7 nitrogen and oxygen atoms in total. The van der Waals surface area contributed by atoms with Gasteiger partial charge in [0.1, 0.15) is 0 Å². The molecule has 1 aromatic carbocycles. The third kappa shape index (κ3) is 8.03. The standard InChI is InChI=1S/C20H32N4O3S.HI/c1-3-21-20(23-19-7-10-28(25,26)15-19)22-12-17-5-4-6-18(11-17)14-24-8-9-27-16(2)13-24;/h4-6,11,16,19H,3,7-10,12-15H2,1-2H3,(H2,21,22,23);1H. The zero-order valence-electron chi connectivity index (χ0n) is 17.3. The molecule has 0 aliphatic carbocycles. The number of halogens is 1. The quantitative estimate of drug-likeness (QED) is 0.328. The van der Waals surface area contributed by atoms with Gasteiger partial charge in [0.15, 0.2) is 15.8 Å². The summed E-state index contributed by atoms with van der Waals surface area (Å²) in [6.07, 6.45) is 0.926. The molecule has 0 amide bonds. The highest BCUT2D eigenvalue weighted by atomic mass is 127. The molecule has 2 saturated heterocycles. The molecular weight excluding hydrogens is 503 g/mol. The number of ether oxygens (including phenoxy) is 1. The summed E-state index contributed by atoms with van der Waals surface area (Å²) in [5, 5.41) is 6.48. The number of nitrogens with zero attached hydrogens (tertiary/aromatic N) is 2. The van der Waals surface area contributed by atoms with Gasteiger partial charge in [-0.2, -0.15) is 0 Å². The van der Waals surface area contributed by atoms with Crippen molar-refractivity contribution in [1.29, 1.82) is 0 Å². The molecule has 2 heterocycles. The monoisotopic (exact) mass is 536 g/mol. The van der Waals surface area contributed by atoms with Gasteiger partial charge in [0.2, 0.25) is 0 Å². The maximum absolute atomic E-state index is 11.7. The Balaban J connectivity index is 0.00000300. The van der Waals surface area contributed by atoms with Crippen molar-refractivity contribution in [3.8, 4) is 0 Å². The van der Waals surface area contributed by atoms with Crippen LogP contribution in [-0.2, 0) is 27.7 Å². The maximum Gasteiger partial charge on any atom is 0.191 e. The first-order valence-electron chi connectivity index (χ1n) is 10.1. The third-order valence-electron chi connectivity index (χ3n) is 5.06. The Morgan fingerprint density at radius 3 is 2.83 bits per heavy atom. The van der Waals surface area contributed by atoms with Crippen molar-refractivity contribution < 1.29 is 13.2 Å². The molecule has 1 aromatic rings. The van der Waals surface area contributed by atoms with Crippen LogP contribution in [0.5, 0.6) is 0 Å². The van der Waals surface area contributed by atoms with Gasteiger partial charge in [0, 0.05) is 32.2 Å². The van der Waals surface area contributed by atoms with Crippen molar-refractivity contribution in [2.24, 2.45) is 4.99 Å². The fraction of sp³-hybridized carbons (Fsp3) is 0.650. The fourth-order valence-corrected chi connectivity index (χ4v) is 5.38. The predicted octanol–water partition coefficient (Wildman–Crippen LogP) is 1.77. The summed E-state index contributed by atoms with van der Waals surface area (Å²) in [5.41, 5.74) is 2.43. The Morgan fingerprint density at radius 1 is 1.34 bits per heavy atom. The number of guanidine groups is 1. The topological polar surface area (TPSA) is 83.0 Å². The Bertz CT molecular complexity index is 788. The van der Waals surface area contributed by atoms with Gasteiger partial charge in [0.25, 0.3) is 0 Å². The van der Waals surface area contributed by atoms with Gasteiger partial charge in [-0.3, -0.25) is 4.90 Å². The molecular formula is C20H33IN4O3S. The number of benzene rings is 1. The van der Waals surface area contributed by atoms with Crippen molar-refractivity contribution in [2.75, 3.05) is 37.7 Å². The van der Waals surface area contributed by atoms with Crippen LogP contribution in [0.2, 0.25) is 0 Å². The second-order valence-electron chi connectivity index (χ2n) is 7.68. The molecule has 2 aliphatic heterocycles. The van der Waals surface area contributed by atoms with Crippen molar-refractivity contribution in [2.45, 2.75) is 45.5 Å². The summed E-state index contributed by atoms with van der Waals surface area (Å²) in [7, 11) is -2.91. The van der Waals surface area contributed by atoms with Gasteiger partial charge in [-0.05, 0) is 31.4 Å². The molecule has 29 heavy (non-hydrogen) atoms. The first kappa shape index (κ1) is 24.4. The summed E-state index contributed by atoms with van der Waals surface area (Å²) >= 11 is 0. The number of sulfone groups is 1. The Morgan fingerprint density at radius 2 is 2.14 bits per heavy atom. The highest BCUT2D eigenvalue weighted by molar-refractivity contribution is 14.0. The average Bonchev–Trinajstić information content (AvgIpc) is 2.99. The van der Waals surface area contributed by atoms with Crippen molar-refractivity contribution in [1.82, 2.24) is 15.5 Å². The molecule has 9 heteroatoms. The Kier molecular flexibility index (Phi) is 9.64. The molecule has 0 saturated carbocycles. The van der Waals surface area contributed by atoms with Gasteiger partial charge in [-0.1, -0.05) is 24.3 Å². The molecule has 3 rings (SSSR count). The Labute approximate surface area is 191 Å². The largest absolute Gasteiger partial charge is 0.376 e. The van der Waals surface area contributed by atoms with Crippen LogP contribution in [-0.4, -0.2) is 69.2 Å². The van der Waals surface area contributed by atoms with Crippen LogP contribution in [0, 0.1) is 0 Å². The molecule has 164 valence electrons. The van der Waals surface area contributed by atoms with Crippen LogP contribution in [0.1, 0.15) is 31.4 Å². The SMILES string of the molecule is CCNC(=NCc1cccc(CN2CCOC(C)C2)c1)NC1CCS(=O)(=O)C1.I. The second-order valence-corrected chi connectivity index (χ2v) is 9.90. The van der Waals surface area contributed by atoms with E-state index >= 15 is 0 Å². The number of morpholine rings is 1. The number of rotatable bonds is 6. The average molecular weight is 536 g/mol. The van der Waals surface area contributed by atoms with E-state index in [4.69, 9.17) is 4.74 Å². The van der Waals surface area contributed by atoms with Crippen LogP contribution in [0.15, 0.2) is 29.3 Å². The van der Waals surface area contributed by atoms with E-state index in [2.05, 4.69) is 51.7 Å². The lowest BCUT2D eigenvalue weighted by Crippen LogP contribution is -2.44. The summed E-state index contributed by atoms with van der Waals surface area (Å²) < 4.78 is 29.0. The van der Waals surface area contributed by atoms with Crippen molar-refractivity contribution in [3.05, 3.63) is 35.4 Å². The number of hydrogen-bond donors (Lipinski definition) is 2. The molecule has 0 spiro atoms. The first-order valence-corrected chi connectivity index (χ1v) is 11.9. The Hall–Kier alpha value is -0.910. The minimum atomic E-state index is -2.91. The maximum atomic E-state index is 11.7. The van der Waals surface area contributed by atoms with Gasteiger partial charge in [-0.25, -0.2) is 13.4 Å². The van der Waals surface area contributed by atoms with E-state index in [1.807, 2.05) is 6.92 Å². The molecule has 0 bridgehead atoms. The van der Waals surface area contributed by atoms with Crippen LogP contribution in [0.4, 0.5) is 0 Å². The van der Waals surface area contributed by atoms with E-state index in [0.29, 0.717) is 18.9 Å². The molecule has 2 unspecified atom stereocenters. The second kappa shape index (κ2) is 11.5. The lowest BCUT2D eigenvalue weighted by molar-refractivity contribution is -0.0212. The van der Waals surface area contributed by atoms with Crippen molar-refractivity contribution in [3.63, 3.8) is 0 Å².